The lowest BCUT2D eigenvalue weighted by molar-refractivity contribution is -0.135. The molecular weight excluding hydrogens is 232 g/mol. The minimum Gasteiger partial charge on any atom is -0.375 e. The first-order chi connectivity index (χ1) is 9.17. The predicted molar refractivity (Wildman–Crippen MR) is 80.2 cm³/mol. The van der Waals surface area contributed by atoms with Crippen molar-refractivity contribution in [2.75, 3.05) is 6.61 Å². The lowest BCUT2D eigenvalue weighted by Gasteiger charge is -2.46. The van der Waals surface area contributed by atoms with Crippen molar-refractivity contribution in [1.82, 2.24) is 0 Å². The zero-order valence-corrected chi connectivity index (χ0v) is 13.0. The molecule has 0 amide bonds. The zero-order valence-electron chi connectivity index (χ0n) is 13.0. The van der Waals surface area contributed by atoms with Gasteiger partial charge in [0.05, 0.1) is 12.2 Å². The molecule has 1 unspecified atom stereocenters. The van der Waals surface area contributed by atoms with Gasteiger partial charge in [-0.3, -0.25) is 0 Å². The number of rotatable bonds is 1. The first kappa shape index (κ1) is 13.9. The van der Waals surface area contributed by atoms with Crippen LogP contribution < -0.4 is 0 Å². The van der Waals surface area contributed by atoms with Gasteiger partial charge < -0.3 is 4.74 Å². The molecule has 1 aliphatic heterocycles. The maximum Gasteiger partial charge on any atom is 0.0683 e. The molecule has 1 nitrogen and oxygen atoms in total. The average Bonchev–Trinajstić information content (AvgIpc) is 2.44. The molecule has 0 aromatic rings. The molecule has 0 N–H and O–H groups in total. The van der Waals surface area contributed by atoms with Gasteiger partial charge in [0.25, 0.3) is 0 Å². The second-order valence-corrected chi connectivity index (χ2v) is 8.00. The van der Waals surface area contributed by atoms with Crippen LogP contribution in [-0.4, -0.2) is 12.2 Å². The lowest BCUT2D eigenvalue weighted by atomic mass is 9.70. The van der Waals surface area contributed by atoms with Gasteiger partial charge in [-0.2, -0.15) is 0 Å². The highest BCUT2D eigenvalue weighted by atomic mass is 16.5. The molecule has 1 heterocycles. The number of hydrogen-bond donors (Lipinski definition) is 0. The molecule has 19 heavy (non-hydrogen) atoms. The SMILES string of the molecule is CC1CCC(C2CCC3(CCC(C)CC3)OC2)CC1. The number of ether oxygens (including phenoxy) is 1. The van der Waals surface area contributed by atoms with Gasteiger partial charge in [0, 0.05) is 0 Å². The maximum absolute atomic E-state index is 6.45. The van der Waals surface area contributed by atoms with Crippen LogP contribution in [0.2, 0.25) is 0 Å². The topological polar surface area (TPSA) is 9.23 Å². The Bertz CT molecular complexity index is 272. The Balaban J connectivity index is 1.49. The van der Waals surface area contributed by atoms with E-state index in [1.165, 1.54) is 64.2 Å². The maximum atomic E-state index is 6.45. The molecule has 3 fully saturated rings. The molecule has 1 saturated heterocycles. The van der Waals surface area contributed by atoms with Crippen molar-refractivity contribution >= 4 is 0 Å². The van der Waals surface area contributed by atoms with Crippen LogP contribution in [0.25, 0.3) is 0 Å². The second-order valence-electron chi connectivity index (χ2n) is 8.00. The fourth-order valence-electron chi connectivity index (χ4n) is 4.70. The van der Waals surface area contributed by atoms with Crippen LogP contribution in [-0.2, 0) is 4.74 Å². The predicted octanol–water partition coefficient (Wildman–Crippen LogP) is 5.19. The van der Waals surface area contributed by atoms with Crippen molar-refractivity contribution in [1.29, 1.82) is 0 Å². The van der Waals surface area contributed by atoms with E-state index in [-0.39, 0.29) is 0 Å². The summed E-state index contributed by atoms with van der Waals surface area (Å²) in [4.78, 5) is 0. The summed E-state index contributed by atoms with van der Waals surface area (Å²) in [5, 5.41) is 0. The van der Waals surface area contributed by atoms with Gasteiger partial charge in [0.2, 0.25) is 0 Å². The highest BCUT2D eigenvalue weighted by molar-refractivity contribution is 4.91. The standard InChI is InChI=1S/C18H32O/c1-14-3-5-16(6-4-14)17-9-12-18(19-13-17)10-7-15(2)8-11-18/h14-17H,3-13H2,1-2H3. The van der Waals surface area contributed by atoms with E-state index in [1.807, 2.05) is 0 Å². The van der Waals surface area contributed by atoms with Crippen LogP contribution in [0.5, 0.6) is 0 Å². The third-order valence-corrected chi connectivity index (χ3v) is 6.49. The molecule has 1 heteroatoms. The van der Waals surface area contributed by atoms with Crippen molar-refractivity contribution in [3.8, 4) is 0 Å². The van der Waals surface area contributed by atoms with Gasteiger partial charge in [-0.05, 0) is 75.0 Å². The van der Waals surface area contributed by atoms with E-state index in [1.54, 1.807) is 0 Å². The van der Waals surface area contributed by atoms with E-state index in [4.69, 9.17) is 4.74 Å². The highest BCUT2D eigenvalue weighted by Crippen LogP contribution is 2.45. The lowest BCUT2D eigenvalue weighted by Crippen LogP contribution is -2.44. The van der Waals surface area contributed by atoms with Gasteiger partial charge in [0.15, 0.2) is 0 Å². The summed E-state index contributed by atoms with van der Waals surface area (Å²) in [7, 11) is 0. The van der Waals surface area contributed by atoms with Gasteiger partial charge in [-0.15, -0.1) is 0 Å². The van der Waals surface area contributed by atoms with E-state index >= 15 is 0 Å². The fraction of sp³-hybridized carbons (Fsp3) is 1.00. The summed E-state index contributed by atoms with van der Waals surface area (Å²) in [5.74, 6) is 3.78. The summed E-state index contributed by atoms with van der Waals surface area (Å²) in [6.45, 7) is 5.90. The molecule has 3 rings (SSSR count). The number of hydrogen-bond acceptors (Lipinski definition) is 1. The summed E-state index contributed by atoms with van der Waals surface area (Å²) >= 11 is 0. The van der Waals surface area contributed by atoms with Crippen molar-refractivity contribution in [3.05, 3.63) is 0 Å². The van der Waals surface area contributed by atoms with Crippen molar-refractivity contribution in [2.45, 2.75) is 83.7 Å². The minimum absolute atomic E-state index is 0.310. The Morgan fingerprint density at radius 3 is 1.84 bits per heavy atom. The quantitative estimate of drug-likeness (QED) is 0.633. The molecule has 1 atom stereocenters. The van der Waals surface area contributed by atoms with Crippen LogP contribution in [0.15, 0.2) is 0 Å². The monoisotopic (exact) mass is 264 g/mol. The minimum atomic E-state index is 0.310. The molecule has 0 bridgehead atoms. The van der Waals surface area contributed by atoms with Crippen LogP contribution >= 0.6 is 0 Å². The first-order valence-corrected chi connectivity index (χ1v) is 8.81. The molecule has 0 aromatic heterocycles. The highest BCUT2D eigenvalue weighted by Gasteiger charge is 2.40. The van der Waals surface area contributed by atoms with E-state index in [0.29, 0.717) is 5.60 Å². The zero-order chi connectivity index (χ0) is 13.3. The Morgan fingerprint density at radius 1 is 0.684 bits per heavy atom. The third-order valence-electron chi connectivity index (χ3n) is 6.49. The molecule has 1 spiro atoms. The van der Waals surface area contributed by atoms with Crippen molar-refractivity contribution < 1.29 is 4.74 Å². The Kier molecular flexibility index (Phi) is 4.22. The normalized spacial score (nSPS) is 48.3. The first-order valence-electron chi connectivity index (χ1n) is 8.81. The Hall–Kier alpha value is -0.0400. The molecule has 3 aliphatic rings. The molecule has 2 aliphatic carbocycles. The van der Waals surface area contributed by atoms with Gasteiger partial charge in [-0.1, -0.05) is 26.7 Å². The van der Waals surface area contributed by atoms with Crippen LogP contribution in [0.4, 0.5) is 0 Å². The summed E-state index contributed by atoms with van der Waals surface area (Å²) in [6.07, 6.45) is 14.1. The van der Waals surface area contributed by atoms with Crippen molar-refractivity contribution in [2.24, 2.45) is 23.7 Å². The molecular formula is C18H32O. The summed E-state index contributed by atoms with van der Waals surface area (Å²) in [5.41, 5.74) is 0.310. The molecule has 2 saturated carbocycles. The van der Waals surface area contributed by atoms with Gasteiger partial charge in [0.1, 0.15) is 0 Å². The smallest absolute Gasteiger partial charge is 0.0683 e. The molecule has 110 valence electrons. The summed E-state index contributed by atoms with van der Waals surface area (Å²) < 4.78 is 6.45. The van der Waals surface area contributed by atoms with Gasteiger partial charge >= 0.3 is 0 Å². The van der Waals surface area contributed by atoms with E-state index in [0.717, 1.165) is 30.3 Å². The Morgan fingerprint density at radius 2 is 1.26 bits per heavy atom. The summed E-state index contributed by atoms with van der Waals surface area (Å²) in [6, 6.07) is 0. The van der Waals surface area contributed by atoms with Crippen LogP contribution in [0.1, 0.15) is 78.1 Å². The van der Waals surface area contributed by atoms with Crippen LogP contribution in [0, 0.1) is 23.7 Å². The van der Waals surface area contributed by atoms with Gasteiger partial charge in [-0.25, -0.2) is 0 Å². The third kappa shape index (κ3) is 3.17. The van der Waals surface area contributed by atoms with E-state index < -0.39 is 0 Å². The second kappa shape index (κ2) is 5.76. The average molecular weight is 264 g/mol. The molecule has 0 aromatic carbocycles. The largest absolute Gasteiger partial charge is 0.375 e. The fourth-order valence-corrected chi connectivity index (χ4v) is 4.70. The molecule has 0 radical (unpaired) electrons. The van der Waals surface area contributed by atoms with E-state index in [9.17, 15) is 0 Å². The Labute approximate surface area is 119 Å². The van der Waals surface area contributed by atoms with Crippen LogP contribution in [0.3, 0.4) is 0 Å². The van der Waals surface area contributed by atoms with Crippen molar-refractivity contribution in [3.63, 3.8) is 0 Å². The van der Waals surface area contributed by atoms with E-state index in [2.05, 4.69) is 13.8 Å².